The number of aryl methyl sites for hydroxylation is 1. The Balaban J connectivity index is 1.89. The highest BCUT2D eigenvalue weighted by atomic mass is 32.2. The van der Waals surface area contributed by atoms with Crippen LogP contribution < -0.4 is 19.1 Å². The summed E-state index contributed by atoms with van der Waals surface area (Å²) in [7, 11) is -1.19. The summed E-state index contributed by atoms with van der Waals surface area (Å²) in [4.78, 5) is 13.1. The maximum atomic E-state index is 13.8. The van der Waals surface area contributed by atoms with Crippen molar-refractivity contribution in [1.29, 1.82) is 0 Å². The molecule has 0 bridgehead atoms. The number of ether oxygens (including phenoxy) is 2. The number of carbonyl (C=O) groups is 1. The average molecular weight is 525 g/mol. The first kappa shape index (κ1) is 28.1. The van der Waals surface area contributed by atoms with Gasteiger partial charge in [0.2, 0.25) is 5.91 Å². The molecule has 8 heteroatoms. The molecule has 0 saturated carbocycles. The average Bonchev–Trinajstić information content (AvgIpc) is 2.86. The van der Waals surface area contributed by atoms with Gasteiger partial charge < -0.3 is 14.8 Å². The van der Waals surface area contributed by atoms with Crippen molar-refractivity contribution >= 4 is 21.6 Å². The molecule has 1 unspecified atom stereocenters. The number of sulfonamides is 1. The Kier molecular flexibility index (Phi) is 8.53. The molecule has 1 N–H and O–H groups in total. The van der Waals surface area contributed by atoms with Crippen molar-refractivity contribution in [3.8, 4) is 11.5 Å². The molecule has 198 valence electrons. The van der Waals surface area contributed by atoms with Gasteiger partial charge in [-0.15, -0.1) is 0 Å². The van der Waals surface area contributed by atoms with Gasteiger partial charge in [0.25, 0.3) is 10.0 Å². The van der Waals surface area contributed by atoms with Gasteiger partial charge in [0.15, 0.2) is 11.5 Å². The number of hydrogen-bond acceptors (Lipinski definition) is 5. The number of hydrogen-bond donors (Lipinski definition) is 1. The Morgan fingerprint density at radius 3 is 2.05 bits per heavy atom. The molecule has 0 aliphatic rings. The number of benzene rings is 3. The Morgan fingerprint density at radius 2 is 1.51 bits per heavy atom. The smallest absolute Gasteiger partial charge is 0.264 e. The highest BCUT2D eigenvalue weighted by Gasteiger charge is 2.29. The fraction of sp³-hybridized carbons (Fsp3) is 0.345. The first-order valence-corrected chi connectivity index (χ1v) is 13.5. The summed E-state index contributed by atoms with van der Waals surface area (Å²) in [6.07, 6.45) is 0. The van der Waals surface area contributed by atoms with Crippen molar-refractivity contribution < 1.29 is 22.7 Å². The van der Waals surface area contributed by atoms with E-state index >= 15 is 0 Å². The van der Waals surface area contributed by atoms with Gasteiger partial charge >= 0.3 is 0 Å². The second-order valence-electron chi connectivity index (χ2n) is 10.0. The third-order valence-corrected chi connectivity index (χ3v) is 7.98. The molecule has 3 aromatic carbocycles. The van der Waals surface area contributed by atoms with Gasteiger partial charge in [-0.25, -0.2) is 8.42 Å². The quantitative estimate of drug-likeness (QED) is 0.406. The Bertz CT molecular complexity index is 1330. The third kappa shape index (κ3) is 6.63. The molecule has 0 aliphatic heterocycles. The molecule has 3 aromatic rings. The number of nitrogens with zero attached hydrogens (tertiary/aromatic N) is 1. The van der Waals surface area contributed by atoms with Crippen LogP contribution in [0.25, 0.3) is 0 Å². The third-order valence-electron chi connectivity index (χ3n) is 6.21. The second-order valence-corrected chi connectivity index (χ2v) is 11.9. The van der Waals surface area contributed by atoms with E-state index in [0.717, 1.165) is 15.4 Å². The van der Waals surface area contributed by atoms with E-state index in [-0.39, 0.29) is 28.6 Å². The zero-order valence-electron chi connectivity index (χ0n) is 22.5. The van der Waals surface area contributed by atoms with Gasteiger partial charge in [-0.1, -0.05) is 62.7 Å². The Labute approximate surface area is 220 Å². The van der Waals surface area contributed by atoms with Gasteiger partial charge in [-0.3, -0.25) is 9.10 Å². The zero-order chi connectivity index (χ0) is 27.4. The van der Waals surface area contributed by atoms with Crippen LogP contribution in [0.4, 0.5) is 5.69 Å². The largest absolute Gasteiger partial charge is 0.493 e. The fourth-order valence-corrected chi connectivity index (χ4v) is 5.34. The normalized spacial score (nSPS) is 12.5. The first-order valence-electron chi connectivity index (χ1n) is 12.1. The molecular formula is C29H36N2O5S. The van der Waals surface area contributed by atoms with Crippen LogP contribution in [0.2, 0.25) is 0 Å². The van der Waals surface area contributed by atoms with E-state index in [0.29, 0.717) is 11.4 Å². The summed E-state index contributed by atoms with van der Waals surface area (Å²) >= 11 is 0. The van der Waals surface area contributed by atoms with E-state index in [1.54, 1.807) is 12.1 Å². The van der Waals surface area contributed by atoms with Crippen LogP contribution in [0.5, 0.6) is 11.5 Å². The lowest BCUT2D eigenvalue weighted by atomic mass is 9.86. The summed E-state index contributed by atoms with van der Waals surface area (Å²) in [6.45, 7) is 9.84. The van der Waals surface area contributed by atoms with Crippen molar-refractivity contribution in [3.05, 3.63) is 83.4 Å². The standard InChI is InChI=1S/C29H36N2O5S/c1-20-8-14-24(15-9-20)31(37(33,34)25-16-17-26(35-6)27(18-25)36-7)19-28(32)30-21(2)22-10-12-23(13-11-22)29(3,4)5/h8-18,21H,19H2,1-7H3,(H,30,32). The van der Waals surface area contributed by atoms with Crippen molar-refractivity contribution in [2.24, 2.45) is 0 Å². The van der Waals surface area contributed by atoms with Crippen LogP contribution in [0.15, 0.2) is 71.6 Å². The molecule has 1 amide bonds. The van der Waals surface area contributed by atoms with Gasteiger partial charge in [0.05, 0.1) is 30.8 Å². The predicted octanol–water partition coefficient (Wildman–Crippen LogP) is 5.38. The predicted molar refractivity (Wildman–Crippen MR) is 147 cm³/mol. The van der Waals surface area contributed by atoms with Crippen molar-refractivity contribution in [3.63, 3.8) is 0 Å². The van der Waals surface area contributed by atoms with E-state index in [1.165, 1.54) is 38.0 Å². The van der Waals surface area contributed by atoms with Crippen LogP contribution in [0.3, 0.4) is 0 Å². The van der Waals surface area contributed by atoms with Crippen LogP contribution in [0.1, 0.15) is 50.4 Å². The first-order chi connectivity index (χ1) is 17.4. The molecule has 0 heterocycles. The summed E-state index contributed by atoms with van der Waals surface area (Å²) in [5.41, 5.74) is 3.52. The number of nitrogens with one attached hydrogen (secondary N) is 1. The molecule has 0 fully saturated rings. The molecule has 0 aliphatic carbocycles. The van der Waals surface area contributed by atoms with Crippen molar-refractivity contribution in [2.75, 3.05) is 25.1 Å². The number of rotatable bonds is 9. The highest BCUT2D eigenvalue weighted by molar-refractivity contribution is 7.92. The van der Waals surface area contributed by atoms with E-state index in [4.69, 9.17) is 9.47 Å². The van der Waals surface area contributed by atoms with Crippen LogP contribution in [-0.4, -0.2) is 35.1 Å². The summed E-state index contributed by atoms with van der Waals surface area (Å²) < 4.78 is 39.2. The maximum absolute atomic E-state index is 13.8. The van der Waals surface area contributed by atoms with Crippen LogP contribution in [-0.2, 0) is 20.2 Å². The lowest BCUT2D eigenvalue weighted by Crippen LogP contribution is -2.41. The SMILES string of the molecule is COc1ccc(S(=O)(=O)N(CC(=O)NC(C)c2ccc(C(C)(C)C)cc2)c2ccc(C)cc2)cc1OC. The van der Waals surface area contributed by atoms with E-state index in [2.05, 4.69) is 38.2 Å². The lowest BCUT2D eigenvalue weighted by Gasteiger charge is -2.26. The monoisotopic (exact) mass is 524 g/mol. The van der Waals surface area contributed by atoms with Gasteiger partial charge in [0.1, 0.15) is 6.54 Å². The molecule has 3 rings (SSSR count). The number of amides is 1. The molecule has 0 radical (unpaired) electrons. The fourth-order valence-electron chi connectivity index (χ4n) is 3.90. The molecule has 37 heavy (non-hydrogen) atoms. The van der Waals surface area contributed by atoms with E-state index in [1.807, 2.05) is 38.1 Å². The molecular weight excluding hydrogens is 488 g/mol. The van der Waals surface area contributed by atoms with Crippen LogP contribution in [0, 0.1) is 6.92 Å². The summed E-state index contributed by atoms with van der Waals surface area (Å²) in [5.74, 6) is 0.272. The topological polar surface area (TPSA) is 84.9 Å². The van der Waals surface area contributed by atoms with Gasteiger partial charge in [0, 0.05) is 6.07 Å². The van der Waals surface area contributed by atoms with Gasteiger partial charge in [-0.05, 0) is 54.7 Å². The highest BCUT2D eigenvalue weighted by Crippen LogP contribution is 2.32. The minimum absolute atomic E-state index is 0.00987. The van der Waals surface area contributed by atoms with E-state index in [9.17, 15) is 13.2 Å². The van der Waals surface area contributed by atoms with Crippen molar-refractivity contribution in [2.45, 2.75) is 51.0 Å². The Hall–Kier alpha value is -3.52. The molecule has 7 nitrogen and oxygen atoms in total. The number of anilines is 1. The minimum Gasteiger partial charge on any atom is -0.493 e. The number of carbonyl (C=O) groups excluding carboxylic acids is 1. The van der Waals surface area contributed by atoms with E-state index < -0.39 is 15.9 Å². The van der Waals surface area contributed by atoms with Crippen molar-refractivity contribution in [1.82, 2.24) is 5.32 Å². The lowest BCUT2D eigenvalue weighted by molar-refractivity contribution is -0.120. The Morgan fingerprint density at radius 1 is 0.919 bits per heavy atom. The summed E-state index contributed by atoms with van der Waals surface area (Å²) in [6, 6.07) is 19.2. The molecule has 0 spiro atoms. The second kappa shape index (κ2) is 11.3. The number of methoxy groups -OCH3 is 2. The minimum atomic E-state index is -4.11. The molecule has 1 atom stereocenters. The molecule has 0 aromatic heterocycles. The summed E-state index contributed by atoms with van der Waals surface area (Å²) in [5, 5.41) is 2.94. The molecule has 0 saturated heterocycles. The van der Waals surface area contributed by atoms with Gasteiger partial charge in [-0.2, -0.15) is 0 Å². The zero-order valence-corrected chi connectivity index (χ0v) is 23.3. The maximum Gasteiger partial charge on any atom is 0.264 e. The van der Waals surface area contributed by atoms with Crippen LogP contribution >= 0.6 is 0 Å².